The summed E-state index contributed by atoms with van der Waals surface area (Å²) in [5, 5.41) is 0. The van der Waals surface area contributed by atoms with Crippen LogP contribution in [0, 0.1) is 5.92 Å². The van der Waals surface area contributed by atoms with Crippen molar-refractivity contribution in [1.29, 1.82) is 0 Å². The van der Waals surface area contributed by atoms with E-state index < -0.39 is 0 Å². The topological polar surface area (TPSA) is 46.2 Å². The van der Waals surface area contributed by atoms with Gasteiger partial charge in [0.05, 0.1) is 39.1 Å². The minimum absolute atomic E-state index is 0.0438. The molecule has 2 fully saturated rings. The van der Waals surface area contributed by atoms with Crippen LogP contribution in [0.3, 0.4) is 0 Å². The number of hydrogen-bond donors (Lipinski definition) is 0. The van der Waals surface area contributed by atoms with Crippen molar-refractivity contribution in [3.63, 3.8) is 0 Å². The summed E-state index contributed by atoms with van der Waals surface area (Å²) in [5.41, 5.74) is 3.37. The lowest BCUT2D eigenvalue weighted by Gasteiger charge is -2.44. The molecule has 2 aliphatic rings. The highest BCUT2D eigenvalue weighted by atomic mass is 16.6. The van der Waals surface area contributed by atoms with Crippen molar-refractivity contribution in [3.05, 3.63) is 108 Å². The van der Waals surface area contributed by atoms with Crippen LogP contribution >= 0.6 is 0 Å². The highest BCUT2D eigenvalue weighted by Crippen LogP contribution is 2.37. The van der Waals surface area contributed by atoms with Gasteiger partial charge in [-0.25, -0.2) is 0 Å². The molecule has 5 nitrogen and oxygen atoms in total. The van der Waals surface area contributed by atoms with Crippen molar-refractivity contribution < 1.29 is 23.7 Å². The molecule has 0 saturated carbocycles. The number of fused-ring (bicyclic) bond motifs is 1. The van der Waals surface area contributed by atoms with Gasteiger partial charge in [0.2, 0.25) is 0 Å². The number of hydrogen-bond acceptors (Lipinski definition) is 5. The molecule has 5 heteroatoms. The third-order valence-corrected chi connectivity index (χ3v) is 6.75. The fraction of sp³-hybridized carbons (Fsp3) is 0.400. The molecule has 0 radical (unpaired) electrons. The SMILES string of the molecule is CC1CO[C@@H]2[C@@H](OCc3ccccc3)[C@H](OCc3ccccc3)[C@@H](COCc3ccccc3)O[C@H]12. The molecular formula is C30H34O5. The fourth-order valence-electron chi connectivity index (χ4n) is 4.87. The Balaban J connectivity index is 1.33. The average Bonchev–Trinajstić information content (AvgIpc) is 3.28. The summed E-state index contributed by atoms with van der Waals surface area (Å²) < 4.78 is 32.0. The Hall–Kier alpha value is -2.54. The Kier molecular flexibility index (Phi) is 8.24. The van der Waals surface area contributed by atoms with Crippen molar-refractivity contribution in [2.24, 2.45) is 5.92 Å². The summed E-state index contributed by atoms with van der Waals surface area (Å²) in [5.74, 6) is 0.287. The molecule has 3 aromatic rings. The first kappa shape index (κ1) is 24.2. The molecular weight excluding hydrogens is 440 g/mol. The summed E-state index contributed by atoms with van der Waals surface area (Å²) in [4.78, 5) is 0. The van der Waals surface area contributed by atoms with Crippen molar-refractivity contribution in [2.45, 2.75) is 57.3 Å². The Morgan fingerprint density at radius 2 is 1.17 bits per heavy atom. The summed E-state index contributed by atoms with van der Waals surface area (Å²) in [6.07, 6.45) is -1.04. The zero-order valence-corrected chi connectivity index (χ0v) is 20.2. The van der Waals surface area contributed by atoms with Gasteiger partial charge in [-0.15, -0.1) is 0 Å². The van der Waals surface area contributed by atoms with Gasteiger partial charge in [-0.1, -0.05) is 97.9 Å². The van der Waals surface area contributed by atoms with E-state index in [-0.39, 0.29) is 36.4 Å². The predicted molar refractivity (Wildman–Crippen MR) is 134 cm³/mol. The maximum atomic E-state index is 6.59. The van der Waals surface area contributed by atoms with Gasteiger partial charge in [-0.2, -0.15) is 0 Å². The van der Waals surface area contributed by atoms with E-state index in [1.165, 1.54) is 0 Å². The Morgan fingerprint density at radius 3 is 1.74 bits per heavy atom. The number of rotatable bonds is 10. The monoisotopic (exact) mass is 474 g/mol. The van der Waals surface area contributed by atoms with E-state index in [1.807, 2.05) is 54.6 Å². The molecule has 0 bridgehead atoms. The van der Waals surface area contributed by atoms with Crippen LogP contribution in [0.15, 0.2) is 91.0 Å². The lowest BCUT2D eigenvalue weighted by Crippen LogP contribution is -2.60. The van der Waals surface area contributed by atoms with Crippen molar-refractivity contribution >= 4 is 0 Å². The molecule has 35 heavy (non-hydrogen) atoms. The van der Waals surface area contributed by atoms with Gasteiger partial charge in [-0.05, 0) is 16.7 Å². The normalized spacial score (nSPS) is 28.0. The lowest BCUT2D eigenvalue weighted by molar-refractivity contribution is -0.253. The van der Waals surface area contributed by atoms with E-state index in [4.69, 9.17) is 23.7 Å². The van der Waals surface area contributed by atoms with Gasteiger partial charge >= 0.3 is 0 Å². The molecule has 5 rings (SSSR count). The predicted octanol–water partition coefficient (Wildman–Crippen LogP) is 5.18. The van der Waals surface area contributed by atoms with Crippen molar-refractivity contribution in [3.8, 4) is 0 Å². The molecule has 6 atom stereocenters. The molecule has 184 valence electrons. The molecule has 3 aromatic carbocycles. The minimum atomic E-state index is -0.318. The zero-order valence-electron chi connectivity index (χ0n) is 20.2. The molecule has 0 amide bonds. The third-order valence-electron chi connectivity index (χ3n) is 6.75. The first-order valence-corrected chi connectivity index (χ1v) is 12.5. The van der Waals surface area contributed by atoms with Gasteiger partial charge in [0.1, 0.15) is 24.4 Å². The Morgan fingerprint density at radius 1 is 0.657 bits per heavy atom. The number of ether oxygens (including phenoxy) is 5. The van der Waals surface area contributed by atoms with Crippen LogP contribution in [0.4, 0.5) is 0 Å². The standard InChI is InChI=1S/C30H34O5/c1-22-17-32-29-27(22)35-26(21-31-18-23-11-5-2-6-12-23)28(33-19-24-13-7-3-8-14-24)30(29)34-20-25-15-9-4-10-16-25/h2-16,22,26-30H,17-21H2,1H3/t22?,26-,27-,28-,29+,30+/m1/s1. The second kappa shape index (κ2) is 11.9. The van der Waals surface area contributed by atoms with E-state index in [0.29, 0.717) is 33.0 Å². The van der Waals surface area contributed by atoms with Crippen molar-refractivity contribution in [1.82, 2.24) is 0 Å². The second-order valence-electron chi connectivity index (χ2n) is 9.44. The second-order valence-corrected chi connectivity index (χ2v) is 9.44. The van der Waals surface area contributed by atoms with E-state index >= 15 is 0 Å². The van der Waals surface area contributed by atoms with Gasteiger partial charge in [0.25, 0.3) is 0 Å². The molecule has 0 N–H and O–H groups in total. The molecule has 2 saturated heterocycles. The quantitative estimate of drug-likeness (QED) is 0.405. The van der Waals surface area contributed by atoms with Gasteiger partial charge in [0, 0.05) is 5.92 Å². The molecule has 0 spiro atoms. The highest BCUT2D eigenvalue weighted by Gasteiger charge is 2.52. The first-order chi connectivity index (χ1) is 17.3. The van der Waals surface area contributed by atoms with Gasteiger partial charge in [-0.3, -0.25) is 0 Å². The molecule has 1 unspecified atom stereocenters. The van der Waals surface area contributed by atoms with Crippen molar-refractivity contribution in [2.75, 3.05) is 13.2 Å². The van der Waals surface area contributed by atoms with Crippen LogP contribution in [0.1, 0.15) is 23.6 Å². The van der Waals surface area contributed by atoms with E-state index in [0.717, 1.165) is 16.7 Å². The van der Waals surface area contributed by atoms with E-state index in [2.05, 4.69) is 43.3 Å². The first-order valence-electron chi connectivity index (χ1n) is 12.5. The van der Waals surface area contributed by atoms with Crippen LogP contribution in [0.2, 0.25) is 0 Å². The van der Waals surface area contributed by atoms with Gasteiger partial charge < -0.3 is 23.7 Å². The molecule has 0 aromatic heterocycles. The maximum absolute atomic E-state index is 6.59. The average molecular weight is 475 g/mol. The van der Waals surface area contributed by atoms with Crippen LogP contribution in [-0.4, -0.2) is 43.7 Å². The molecule has 0 aliphatic carbocycles. The summed E-state index contributed by atoms with van der Waals surface area (Å²) in [7, 11) is 0. The lowest BCUT2D eigenvalue weighted by atomic mass is 9.91. The smallest absolute Gasteiger partial charge is 0.115 e. The van der Waals surface area contributed by atoms with Crippen LogP contribution in [0.5, 0.6) is 0 Å². The highest BCUT2D eigenvalue weighted by molar-refractivity contribution is 5.15. The van der Waals surface area contributed by atoms with Crippen LogP contribution in [0.25, 0.3) is 0 Å². The third kappa shape index (κ3) is 6.18. The summed E-state index contributed by atoms with van der Waals surface area (Å²) in [6.45, 7) is 4.75. The van der Waals surface area contributed by atoms with E-state index in [1.54, 1.807) is 0 Å². The zero-order chi connectivity index (χ0) is 23.9. The summed E-state index contributed by atoms with van der Waals surface area (Å²) >= 11 is 0. The molecule has 2 heterocycles. The fourth-order valence-corrected chi connectivity index (χ4v) is 4.87. The molecule has 2 aliphatic heterocycles. The van der Waals surface area contributed by atoms with Crippen LogP contribution < -0.4 is 0 Å². The Labute approximate surface area is 207 Å². The Bertz CT molecular complexity index is 1010. The van der Waals surface area contributed by atoms with Crippen LogP contribution in [-0.2, 0) is 43.5 Å². The maximum Gasteiger partial charge on any atom is 0.115 e. The minimum Gasteiger partial charge on any atom is -0.374 e. The number of benzene rings is 3. The van der Waals surface area contributed by atoms with E-state index in [9.17, 15) is 0 Å². The van der Waals surface area contributed by atoms with Gasteiger partial charge in [0.15, 0.2) is 0 Å². The summed E-state index contributed by atoms with van der Waals surface area (Å²) in [6, 6.07) is 30.6. The largest absolute Gasteiger partial charge is 0.374 e.